The van der Waals surface area contributed by atoms with Crippen molar-refractivity contribution in [3.05, 3.63) is 35.9 Å². The standard InChI is InChI=1S/C8H18.C7H8.2C5H10O/c1-3-5-7-8-6-4-2;1-7-5-3-2-4-6-7;2*1-2-4-6-5-3-1/h3-8H2,1-2H3;2-6H,1H3;2*1-5H2. The molecule has 2 heterocycles. The Morgan fingerprint density at radius 2 is 1.00 bits per heavy atom. The average molecular weight is 379 g/mol. The van der Waals surface area contributed by atoms with Crippen molar-refractivity contribution in [1.29, 1.82) is 0 Å². The highest BCUT2D eigenvalue weighted by molar-refractivity contribution is 5.11. The molecule has 0 amide bonds. The number of hydrogen-bond acceptors (Lipinski definition) is 2. The summed E-state index contributed by atoms with van der Waals surface area (Å²) in [5.41, 5.74) is 1.32. The first kappa shape index (κ1) is 26.1. The van der Waals surface area contributed by atoms with Crippen LogP contribution in [0.4, 0.5) is 0 Å². The zero-order valence-corrected chi connectivity index (χ0v) is 18.5. The van der Waals surface area contributed by atoms with Gasteiger partial charge in [-0.1, -0.05) is 88.3 Å². The second kappa shape index (κ2) is 23.2. The van der Waals surface area contributed by atoms with E-state index >= 15 is 0 Å². The van der Waals surface area contributed by atoms with Gasteiger partial charge < -0.3 is 9.47 Å². The second-order valence-electron chi connectivity index (χ2n) is 7.41. The van der Waals surface area contributed by atoms with E-state index in [0.717, 1.165) is 26.4 Å². The molecule has 0 aliphatic carbocycles. The number of hydrogen-bond donors (Lipinski definition) is 0. The fourth-order valence-electron chi connectivity index (χ4n) is 2.76. The summed E-state index contributed by atoms with van der Waals surface area (Å²) in [7, 11) is 0. The van der Waals surface area contributed by atoms with Gasteiger partial charge in [0.15, 0.2) is 0 Å². The minimum absolute atomic E-state index is 1.00. The smallest absolute Gasteiger partial charge is 0.0466 e. The third kappa shape index (κ3) is 23.1. The van der Waals surface area contributed by atoms with Crippen molar-refractivity contribution in [3.8, 4) is 0 Å². The third-order valence-corrected chi connectivity index (χ3v) is 4.55. The maximum Gasteiger partial charge on any atom is 0.0466 e. The molecule has 0 spiro atoms. The van der Waals surface area contributed by atoms with Gasteiger partial charge in [0.1, 0.15) is 0 Å². The second-order valence-corrected chi connectivity index (χ2v) is 7.41. The fourth-order valence-corrected chi connectivity index (χ4v) is 2.76. The molecule has 1 aromatic carbocycles. The molecule has 3 rings (SSSR count). The minimum atomic E-state index is 1.00. The zero-order chi connectivity index (χ0) is 19.8. The van der Waals surface area contributed by atoms with Crippen molar-refractivity contribution in [2.75, 3.05) is 26.4 Å². The summed E-state index contributed by atoms with van der Waals surface area (Å²) in [5.74, 6) is 0. The molecule has 0 atom stereocenters. The molecule has 2 saturated heterocycles. The van der Waals surface area contributed by atoms with Crippen LogP contribution >= 0.6 is 0 Å². The molecule has 0 saturated carbocycles. The summed E-state index contributed by atoms with van der Waals surface area (Å²) in [5, 5.41) is 0. The number of aryl methyl sites for hydroxylation is 1. The molecule has 2 fully saturated rings. The van der Waals surface area contributed by atoms with Crippen molar-refractivity contribution in [2.45, 2.75) is 97.8 Å². The Balaban J connectivity index is 0.000000335. The van der Waals surface area contributed by atoms with Gasteiger partial charge >= 0.3 is 0 Å². The zero-order valence-electron chi connectivity index (χ0n) is 18.5. The maximum absolute atomic E-state index is 5.07. The Hall–Kier alpha value is -0.860. The van der Waals surface area contributed by atoms with Crippen LogP contribution in [-0.4, -0.2) is 26.4 Å². The van der Waals surface area contributed by atoms with Crippen LogP contribution in [0.25, 0.3) is 0 Å². The van der Waals surface area contributed by atoms with E-state index in [-0.39, 0.29) is 0 Å². The van der Waals surface area contributed by atoms with Crippen molar-refractivity contribution < 1.29 is 9.47 Å². The molecule has 0 radical (unpaired) electrons. The third-order valence-electron chi connectivity index (χ3n) is 4.55. The first-order chi connectivity index (χ1) is 13.3. The minimum Gasteiger partial charge on any atom is -0.381 e. The van der Waals surface area contributed by atoms with Crippen molar-refractivity contribution in [1.82, 2.24) is 0 Å². The van der Waals surface area contributed by atoms with Crippen molar-refractivity contribution in [3.63, 3.8) is 0 Å². The van der Waals surface area contributed by atoms with Crippen LogP contribution in [0.5, 0.6) is 0 Å². The Morgan fingerprint density at radius 1 is 0.593 bits per heavy atom. The van der Waals surface area contributed by atoms with Gasteiger partial charge in [0.2, 0.25) is 0 Å². The molecule has 0 N–H and O–H groups in total. The number of benzene rings is 1. The molecular weight excluding hydrogens is 332 g/mol. The predicted molar refractivity (Wildman–Crippen MR) is 120 cm³/mol. The van der Waals surface area contributed by atoms with Crippen LogP contribution < -0.4 is 0 Å². The molecule has 2 heteroatoms. The summed E-state index contributed by atoms with van der Waals surface area (Å²) in [6, 6.07) is 10.3. The van der Waals surface area contributed by atoms with Gasteiger partial charge in [0.25, 0.3) is 0 Å². The van der Waals surface area contributed by atoms with Gasteiger partial charge in [-0.25, -0.2) is 0 Å². The van der Waals surface area contributed by atoms with Gasteiger partial charge in [-0.3, -0.25) is 0 Å². The lowest BCUT2D eigenvalue weighted by Crippen LogP contribution is -2.03. The maximum atomic E-state index is 5.07. The number of unbranched alkanes of at least 4 members (excludes halogenated alkanes) is 5. The van der Waals surface area contributed by atoms with E-state index in [1.54, 1.807) is 0 Å². The molecular formula is C25H46O2. The van der Waals surface area contributed by atoms with E-state index in [9.17, 15) is 0 Å². The monoisotopic (exact) mass is 378 g/mol. The molecule has 2 nitrogen and oxygen atoms in total. The lowest BCUT2D eigenvalue weighted by molar-refractivity contribution is 0.0967. The van der Waals surface area contributed by atoms with Crippen molar-refractivity contribution >= 4 is 0 Å². The topological polar surface area (TPSA) is 18.5 Å². The van der Waals surface area contributed by atoms with Gasteiger partial charge in [-0.05, 0) is 45.4 Å². The Kier molecular flexibility index (Phi) is 22.4. The van der Waals surface area contributed by atoms with Crippen LogP contribution in [0, 0.1) is 6.92 Å². The van der Waals surface area contributed by atoms with Gasteiger partial charge in [0.05, 0.1) is 0 Å². The summed E-state index contributed by atoms with van der Waals surface area (Å²) in [6.45, 7) is 10.6. The van der Waals surface area contributed by atoms with Gasteiger partial charge in [-0.15, -0.1) is 0 Å². The first-order valence-electron chi connectivity index (χ1n) is 11.5. The first-order valence-corrected chi connectivity index (χ1v) is 11.5. The Labute approximate surface area is 170 Å². The lowest BCUT2D eigenvalue weighted by Gasteiger charge is -2.08. The molecule has 0 bridgehead atoms. The number of ether oxygens (including phenoxy) is 2. The summed E-state index contributed by atoms with van der Waals surface area (Å²) >= 11 is 0. The van der Waals surface area contributed by atoms with Crippen LogP contribution in [0.2, 0.25) is 0 Å². The lowest BCUT2D eigenvalue weighted by atomic mass is 10.1. The molecule has 2 aliphatic heterocycles. The number of rotatable bonds is 5. The van der Waals surface area contributed by atoms with E-state index in [1.165, 1.54) is 82.6 Å². The summed E-state index contributed by atoms with van der Waals surface area (Å²) < 4.78 is 10.1. The predicted octanol–water partition coefficient (Wildman–Crippen LogP) is 7.74. The van der Waals surface area contributed by atoms with Crippen LogP contribution in [0.1, 0.15) is 96.5 Å². The summed E-state index contributed by atoms with van der Waals surface area (Å²) in [4.78, 5) is 0. The van der Waals surface area contributed by atoms with E-state index in [1.807, 2.05) is 18.2 Å². The molecule has 158 valence electrons. The highest BCUT2D eigenvalue weighted by atomic mass is 16.5. The molecule has 0 aromatic heterocycles. The van der Waals surface area contributed by atoms with E-state index < -0.39 is 0 Å². The van der Waals surface area contributed by atoms with Crippen LogP contribution in [0.15, 0.2) is 30.3 Å². The van der Waals surface area contributed by atoms with E-state index in [4.69, 9.17) is 9.47 Å². The van der Waals surface area contributed by atoms with E-state index in [2.05, 4.69) is 32.9 Å². The highest BCUT2D eigenvalue weighted by Crippen LogP contribution is 2.04. The largest absolute Gasteiger partial charge is 0.381 e. The molecule has 27 heavy (non-hydrogen) atoms. The van der Waals surface area contributed by atoms with Gasteiger partial charge in [0, 0.05) is 26.4 Å². The molecule has 2 aliphatic rings. The van der Waals surface area contributed by atoms with Crippen LogP contribution in [0.3, 0.4) is 0 Å². The quantitative estimate of drug-likeness (QED) is 0.488. The highest BCUT2D eigenvalue weighted by Gasteiger charge is 1.95. The SMILES string of the molecule is C1CCOCC1.C1CCOCC1.CCCCCCCC.Cc1ccccc1. The van der Waals surface area contributed by atoms with Gasteiger partial charge in [-0.2, -0.15) is 0 Å². The fraction of sp³-hybridized carbons (Fsp3) is 0.760. The Morgan fingerprint density at radius 3 is 1.19 bits per heavy atom. The van der Waals surface area contributed by atoms with Crippen LogP contribution in [-0.2, 0) is 9.47 Å². The Bertz CT molecular complexity index is 315. The average Bonchev–Trinajstić information content (AvgIpc) is 2.76. The van der Waals surface area contributed by atoms with E-state index in [0.29, 0.717) is 0 Å². The normalized spacial score (nSPS) is 15.8. The molecule has 0 unspecified atom stereocenters. The van der Waals surface area contributed by atoms with Crippen molar-refractivity contribution in [2.24, 2.45) is 0 Å². The summed E-state index contributed by atoms with van der Waals surface area (Å²) in [6.07, 6.45) is 16.3. The molecule has 1 aromatic rings.